The first kappa shape index (κ1) is 32.4. The van der Waals surface area contributed by atoms with Crippen LogP contribution in [0.15, 0.2) is 114 Å². The van der Waals surface area contributed by atoms with E-state index in [4.69, 9.17) is 0 Å². The summed E-state index contributed by atoms with van der Waals surface area (Å²) in [5.74, 6) is -1.42. The SMILES string of the molecule is CCCCNC(=O)[C@H](Cc1ccccc1)N(Cc1ccccc1C)C(=O)CN(c1ccc(F)cc1)S(=O)(=O)c1ccccc1. The number of benzene rings is 4. The number of rotatable bonds is 14. The summed E-state index contributed by atoms with van der Waals surface area (Å²) in [7, 11) is -4.24. The molecule has 0 radical (unpaired) electrons. The van der Waals surface area contributed by atoms with E-state index < -0.39 is 34.3 Å². The standard InChI is InChI=1S/C35H38FN3O4S/c1-3-4-23-37-35(41)33(24-28-14-7-5-8-15-28)38(25-29-16-12-11-13-27(29)2)34(40)26-39(31-21-19-30(36)20-22-31)44(42,43)32-17-9-6-10-18-32/h5-22,33H,3-4,23-26H2,1-2H3,(H,37,41)/t33-/m0/s1. The Balaban J connectivity index is 1.78. The molecule has 0 aliphatic carbocycles. The van der Waals surface area contributed by atoms with E-state index in [1.54, 1.807) is 18.2 Å². The third-order valence-corrected chi connectivity index (χ3v) is 9.22. The number of sulfonamides is 1. The average molecular weight is 616 g/mol. The summed E-state index contributed by atoms with van der Waals surface area (Å²) in [6.45, 7) is 3.90. The van der Waals surface area contributed by atoms with Gasteiger partial charge < -0.3 is 10.2 Å². The first-order chi connectivity index (χ1) is 21.2. The molecule has 0 aliphatic heterocycles. The van der Waals surface area contributed by atoms with Gasteiger partial charge in [-0.2, -0.15) is 0 Å². The first-order valence-corrected chi connectivity index (χ1v) is 16.1. The maximum Gasteiger partial charge on any atom is 0.264 e. The van der Waals surface area contributed by atoms with Crippen LogP contribution in [-0.2, 0) is 32.6 Å². The van der Waals surface area contributed by atoms with E-state index in [1.165, 1.54) is 29.2 Å². The molecule has 4 rings (SSSR count). The summed E-state index contributed by atoms with van der Waals surface area (Å²) in [6.07, 6.45) is 1.90. The highest BCUT2D eigenvalue weighted by Crippen LogP contribution is 2.25. The fourth-order valence-electron chi connectivity index (χ4n) is 4.89. The number of aryl methyl sites for hydroxylation is 1. The van der Waals surface area contributed by atoms with Crippen molar-refractivity contribution in [1.82, 2.24) is 10.2 Å². The Hall–Kier alpha value is -4.50. The van der Waals surface area contributed by atoms with Crippen molar-refractivity contribution < 1.29 is 22.4 Å². The second-order valence-electron chi connectivity index (χ2n) is 10.6. The quantitative estimate of drug-likeness (QED) is 0.179. The van der Waals surface area contributed by atoms with Crippen LogP contribution in [0.1, 0.15) is 36.5 Å². The summed E-state index contributed by atoms with van der Waals surface area (Å²) in [5.41, 5.74) is 2.76. The van der Waals surface area contributed by atoms with Crippen molar-refractivity contribution >= 4 is 27.5 Å². The number of nitrogens with one attached hydrogen (secondary N) is 1. The minimum Gasteiger partial charge on any atom is -0.354 e. The van der Waals surface area contributed by atoms with E-state index in [0.29, 0.717) is 6.54 Å². The van der Waals surface area contributed by atoms with Crippen molar-refractivity contribution in [3.8, 4) is 0 Å². The van der Waals surface area contributed by atoms with Gasteiger partial charge in [-0.3, -0.25) is 13.9 Å². The summed E-state index contributed by atoms with van der Waals surface area (Å²) >= 11 is 0. The number of amides is 2. The molecule has 0 heterocycles. The van der Waals surface area contributed by atoms with Crippen LogP contribution in [0, 0.1) is 12.7 Å². The zero-order chi connectivity index (χ0) is 31.5. The maximum atomic E-state index is 14.4. The molecule has 0 saturated heterocycles. The van der Waals surface area contributed by atoms with Crippen LogP contribution in [0.3, 0.4) is 0 Å². The van der Waals surface area contributed by atoms with Gasteiger partial charge in [0.25, 0.3) is 10.0 Å². The Labute approximate surface area is 259 Å². The lowest BCUT2D eigenvalue weighted by molar-refractivity contribution is -0.140. The lowest BCUT2D eigenvalue weighted by atomic mass is 10.0. The monoisotopic (exact) mass is 615 g/mol. The molecule has 0 bridgehead atoms. The molecule has 0 fully saturated rings. The van der Waals surface area contributed by atoms with E-state index in [9.17, 15) is 22.4 Å². The van der Waals surface area contributed by atoms with Crippen molar-refractivity contribution in [2.45, 2.75) is 50.6 Å². The van der Waals surface area contributed by atoms with Gasteiger partial charge in [0, 0.05) is 19.5 Å². The Morgan fingerprint density at radius 2 is 1.45 bits per heavy atom. The van der Waals surface area contributed by atoms with Crippen LogP contribution in [0.5, 0.6) is 0 Å². The number of unbranched alkanes of at least 4 members (excludes halogenated alkanes) is 1. The molecule has 0 aliphatic rings. The van der Waals surface area contributed by atoms with Gasteiger partial charge in [-0.15, -0.1) is 0 Å². The van der Waals surface area contributed by atoms with Gasteiger partial charge >= 0.3 is 0 Å². The van der Waals surface area contributed by atoms with Gasteiger partial charge in [-0.1, -0.05) is 86.1 Å². The molecular weight excluding hydrogens is 577 g/mol. The van der Waals surface area contributed by atoms with Crippen molar-refractivity contribution in [1.29, 1.82) is 0 Å². The van der Waals surface area contributed by atoms with E-state index in [2.05, 4.69) is 5.32 Å². The van der Waals surface area contributed by atoms with Gasteiger partial charge in [0.15, 0.2) is 0 Å². The van der Waals surface area contributed by atoms with E-state index in [-0.39, 0.29) is 29.5 Å². The van der Waals surface area contributed by atoms with Gasteiger partial charge in [0.1, 0.15) is 18.4 Å². The molecule has 0 unspecified atom stereocenters. The highest BCUT2D eigenvalue weighted by Gasteiger charge is 2.34. The Morgan fingerprint density at radius 3 is 2.09 bits per heavy atom. The lowest BCUT2D eigenvalue weighted by Gasteiger charge is -2.34. The molecule has 0 aromatic heterocycles. The molecule has 4 aromatic rings. The summed E-state index contributed by atoms with van der Waals surface area (Å²) in [6, 6.07) is 28.8. The third kappa shape index (κ3) is 8.32. The van der Waals surface area contributed by atoms with Gasteiger partial charge in [-0.05, 0) is 66.4 Å². The van der Waals surface area contributed by atoms with E-state index in [0.717, 1.165) is 46.0 Å². The van der Waals surface area contributed by atoms with Crippen LogP contribution < -0.4 is 9.62 Å². The Bertz CT molecular complexity index is 1630. The molecule has 4 aromatic carbocycles. The number of hydrogen-bond acceptors (Lipinski definition) is 4. The lowest BCUT2D eigenvalue weighted by Crippen LogP contribution is -2.53. The Kier molecular flexibility index (Phi) is 11.3. The van der Waals surface area contributed by atoms with Crippen LogP contribution in [0.4, 0.5) is 10.1 Å². The van der Waals surface area contributed by atoms with E-state index >= 15 is 0 Å². The Morgan fingerprint density at radius 1 is 0.841 bits per heavy atom. The average Bonchev–Trinajstić information content (AvgIpc) is 3.03. The predicted octanol–water partition coefficient (Wildman–Crippen LogP) is 5.89. The van der Waals surface area contributed by atoms with Gasteiger partial charge in [-0.25, -0.2) is 12.8 Å². The summed E-state index contributed by atoms with van der Waals surface area (Å²) in [4.78, 5) is 29.6. The largest absolute Gasteiger partial charge is 0.354 e. The highest BCUT2D eigenvalue weighted by molar-refractivity contribution is 7.92. The fraction of sp³-hybridized carbons (Fsp3) is 0.257. The molecule has 9 heteroatoms. The number of halogens is 1. The molecule has 0 saturated carbocycles. The van der Waals surface area contributed by atoms with Crippen molar-refractivity contribution in [3.63, 3.8) is 0 Å². The van der Waals surface area contributed by atoms with Crippen molar-refractivity contribution in [2.24, 2.45) is 0 Å². The molecule has 44 heavy (non-hydrogen) atoms. The fourth-order valence-corrected chi connectivity index (χ4v) is 6.32. The topological polar surface area (TPSA) is 86.8 Å². The normalized spacial score (nSPS) is 11.9. The van der Waals surface area contributed by atoms with Crippen molar-refractivity contribution in [2.75, 3.05) is 17.4 Å². The second kappa shape index (κ2) is 15.3. The summed E-state index contributed by atoms with van der Waals surface area (Å²) < 4.78 is 42.7. The molecular formula is C35H38FN3O4S. The third-order valence-electron chi connectivity index (χ3n) is 7.43. The second-order valence-corrected chi connectivity index (χ2v) is 12.5. The van der Waals surface area contributed by atoms with E-state index in [1.807, 2.05) is 68.4 Å². The van der Waals surface area contributed by atoms with Crippen LogP contribution in [0.2, 0.25) is 0 Å². The van der Waals surface area contributed by atoms with Crippen LogP contribution in [-0.4, -0.2) is 44.3 Å². The zero-order valence-corrected chi connectivity index (χ0v) is 25.8. The predicted molar refractivity (Wildman–Crippen MR) is 171 cm³/mol. The number of hydrogen-bond donors (Lipinski definition) is 1. The van der Waals surface area contributed by atoms with Crippen LogP contribution >= 0.6 is 0 Å². The smallest absolute Gasteiger partial charge is 0.264 e. The van der Waals surface area contributed by atoms with Gasteiger partial charge in [0.2, 0.25) is 11.8 Å². The molecule has 230 valence electrons. The minimum absolute atomic E-state index is 0.0132. The zero-order valence-electron chi connectivity index (χ0n) is 25.0. The molecule has 2 amide bonds. The van der Waals surface area contributed by atoms with Gasteiger partial charge in [0.05, 0.1) is 10.6 Å². The molecule has 1 atom stereocenters. The number of carbonyl (C=O) groups excluding carboxylic acids is 2. The number of anilines is 1. The minimum atomic E-state index is -4.24. The summed E-state index contributed by atoms with van der Waals surface area (Å²) in [5, 5.41) is 2.98. The van der Waals surface area contributed by atoms with Crippen LogP contribution in [0.25, 0.3) is 0 Å². The molecule has 0 spiro atoms. The maximum absolute atomic E-state index is 14.4. The molecule has 7 nitrogen and oxygen atoms in total. The highest BCUT2D eigenvalue weighted by atomic mass is 32.2. The van der Waals surface area contributed by atoms with Crippen molar-refractivity contribution in [3.05, 3.63) is 132 Å². The number of carbonyl (C=O) groups is 2. The molecule has 1 N–H and O–H groups in total. The first-order valence-electron chi connectivity index (χ1n) is 14.7. The number of nitrogens with zero attached hydrogens (tertiary/aromatic N) is 2.